The van der Waals surface area contributed by atoms with Gasteiger partial charge in [-0.05, 0) is 42.8 Å². The van der Waals surface area contributed by atoms with Crippen LogP contribution in [-0.2, 0) is 6.54 Å². The van der Waals surface area contributed by atoms with E-state index < -0.39 is 0 Å². The van der Waals surface area contributed by atoms with Gasteiger partial charge in [-0.2, -0.15) is 0 Å². The Balaban J connectivity index is 1.41. The van der Waals surface area contributed by atoms with E-state index in [0.717, 1.165) is 66.1 Å². The first kappa shape index (κ1) is 21.4. The Labute approximate surface area is 193 Å². The molecule has 0 spiro atoms. The molecule has 4 aromatic rings. The van der Waals surface area contributed by atoms with E-state index in [1.165, 1.54) is 17.0 Å². The number of para-hydroxylation sites is 1. The lowest BCUT2D eigenvalue weighted by Gasteiger charge is -2.33. The number of hydrogen-bond donors (Lipinski definition) is 1. The quantitative estimate of drug-likeness (QED) is 0.457. The molecule has 5 heteroatoms. The topological polar surface area (TPSA) is 29.7 Å². The van der Waals surface area contributed by atoms with E-state index in [9.17, 15) is 9.18 Å². The number of Topliss-reactive ketones (excluding diaryl/α,β-unsaturated/α-hetero) is 1. The van der Waals surface area contributed by atoms with E-state index >= 15 is 0 Å². The van der Waals surface area contributed by atoms with E-state index in [-0.39, 0.29) is 11.6 Å². The SMILES string of the molecule is CCn1c(-c2ccccc2)c(C(=O)C[NH+]2CCN(c3ccc(F)cc3)CC2)c2ccccc21. The van der Waals surface area contributed by atoms with Gasteiger partial charge in [0.1, 0.15) is 12.4 Å². The van der Waals surface area contributed by atoms with E-state index in [4.69, 9.17) is 0 Å². The van der Waals surface area contributed by atoms with Crippen molar-refractivity contribution >= 4 is 22.4 Å². The van der Waals surface area contributed by atoms with Gasteiger partial charge in [-0.1, -0.05) is 48.5 Å². The van der Waals surface area contributed by atoms with E-state index in [1.54, 1.807) is 0 Å². The molecule has 1 N–H and O–H groups in total. The fraction of sp³-hybridized carbons (Fsp3) is 0.250. The van der Waals surface area contributed by atoms with Gasteiger partial charge < -0.3 is 14.4 Å². The third-order valence-corrected chi connectivity index (χ3v) is 6.69. The maximum atomic E-state index is 13.7. The third-order valence-electron chi connectivity index (χ3n) is 6.69. The number of carbonyl (C=O) groups is 1. The Morgan fingerprint density at radius 3 is 2.27 bits per heavy atom. The van der Waals surface area contributed by atoms with Crippen LogP contribution in [0.2, 0.25) is 0 Å². The lowest BCUT2D eigenvalue weighted by Crippen LogP contribution is -3.15. The zero-order valence-electron chi connectivity index (χ0n) is 18.9. The van der Waals surface area contributed by atoms with Gasteiger partial charge in [-0.15, -0.1) is 0 Å². The number of carbonyl (C=O) groups excluding carboxylic acids is 1. The van der Waals surface area contributed by atoms with Crippen LogP contribution in [0.15, 0.2) is 78.9 Å². The van der Waals surface area contributed by atoms with Crippen LogP contribution in [0.25, 0.3) is 22.2 Å². The summed E-state index contributed by atoms with van der Waals surface area (Å²) >= 11 is 0. The average molecular weight is 443 g/mol. The highest BCUT2D eigenvalue weighted by atomic mass is 19.1. The minimum Gasteiger partial charge on any atom is -0.360 e. The number of rotatable bonds is 6. The summed E-state index contributed by atoms with van der Waals surface area (Å²) < 4.78 is 15.5. The van der Waals surface area contributed by atoms with Gasteiger partial charge in [-0.25, -0.2) is 4.39 Å². The van der Waals surface area contributed by atoms with Crippen molar-refractivity contribution < 1.29 is 14.1 Å². The first-order valence-corrected chi connectivity index (χ1v) is 11.7. The van der Waals surface area contributed by atoms with Crippen LogP contribution in [0, 0.1) is 5.82 Å². The number of quaternary nitrogens is 1. The molecule has 0 unspecified atom stereocenters. The average Bonchev–Trinajstić information content (AvgIpc) is 3.20. The highest BCUT2D eigenvalue weighted by Gasteiger charge is 2.28. The first-order chi connectivity index (χ1) is 16.2. The fourth-order valence-corrected chi connectivity index (χ4v) is 5.04. The van der Waals surface area contributed by atoms with Crippen LogP contribution in [0.4, 0.5) is 10.1 Å². The molecule has 0 atom stereocenters. The summed E-state index contributed by atoms with van der Waals surface area (Å²) in [5.74, 6) is -0.0171. The van der Waals surface area contributed by atoms with Gasteiger partial charge in [0.2, 0.25) is 5.78 Å². The second-order valence-electron chi connectivity index (χ2n) is 8.66. The maximum absolute atomic E-state index is 13.7. The Morgan fingerprint density at radius 1 is 0.909 bits per heavy atom. The number of halogens is 1. The summed E-state index contributed by atoms with van der Waals surface area (Å²) in [5, 5.41) is 1.03. The third kappa shape index (κ3) is 4.16. The standard InChI is InChI=1S/C28H28FN3O/c1-2-32-25-11-7-6-10-24(25)27(28(32)21-8-4-3-5-9-21)26(33)20-30-16-18-31(19-17-30)23-14-12-22(29)13-15-23/h3-15H,2,16-20H2,1H3/p+1. The molecule has 0 radical (unpaired) electrons. The maximum Gasteiger partial charge on any atom is 0.219 e. The molecule has 5 rings (SSSR count). The number of nitrogens with zero attached hydrogens (tertiary/aromatic N) is 2. The van der Waals surface area contributed by atoms with Gasteiger partial charge in [0.15, 0.2) is 0 Å². The van der Waals surface area contributed by atoms with Gasteiger partial charge in [-0.3, -0.25) is 4.79 Å². The van der Waals surface area contributed by atoms with Crippen LogP contribution in [0.5, 0.6) is 0 Å². The Kier molecular flexibility index (Phi) is 5.97. The molecule has 3 aromatic carbocycles. The van der Waals surface area contributed by atoms with Gasteiger partial charge in [0, 0.05) is 23.1 Å². The smallest absolute Gasteiger partial charge is 0.219 e. The van der Waals surface area contributed by atoms with E-state index in [0.29, 0.717) is 6.54 Å². The monoisotopic (exact) mass is 442 g/mol. The Hall–Kier alpha value is -3.44. The Morgan fingerprint density at radius 2 is 1.58 bits per heavy atom. The minimum absolute atomic E-state index is 0.197. The molecule has 0 bridgehead atoms. The summed E-state index contributed by atoms with van der Waals surface area (Å²) in [7, 11) is 0. The van der Waals surface area contributed by atoms with Crippen LogP contribution in [0.1, 0.15) is 17.3 Å². The lowest BCUT2D eigenvalue weighted by atomic mass is 10.0. The summed E-state index contributed by atoms with van der Waals surface area (Å²) in [4.78, 5) is 17.3. The van der Waals surface area contributed by atoms with Gasteiger partial charge in [0.05, 0.1) is 37.4 Å². The second-order valence-corrected chi connectivity index (χ2v) is 8.66. The number of fused-ring (bicyclic) bond motifs is 1. The summed E-state index contributed by atoms with van der Waals surface area (Å²) in [5.41, 5.74) is 5.09. The normalized spacial score (nSPS) is 14.7. The molecule has 33 heavy (non-hydrogen) atoms. The molecule has 2 heterocycles. The molecule has 0 saturated carbocycles. The van der Waals surface area contributed by atoms with Gasteiger partial charge >= 0.3 is 0 Å². The lowest BCUT2D eigenvalue weighted by molar-refractivity contribution is -0.892. The van der Waals surface area contributed by atoms with Crippen LogP contribution < -0.4 is 9.80 Å². The predicted molar refractivity (Wildman–Crippen MR) is 132 cm³/mol. The molecule has 1 fully saturated rings. The largest absolute Gasteiger partial charge is 0.360 e. The summed E-state index contributed by atoms with van der Waals surface area (Å²) in [6.45, 7) is 6.91. The van der Waals surface area contributed by atoms with Crippen molar-refractivity contribution in [1.82, 2.24) is 4.57 Å². The number of ketones is 1. The molecule has 4 nitrogen and oxygen atoms in total. The number of anilines is 1. The number of aromatic nitrogens is 1. The van der Waals surface area contributed by atoms with E-state index in [2.05, 4.69) is 40.7 Å². The highest BCUT2D eigenvalue weighted by Crippen LogP contribution is 2.34. The number of benzene rings is 3. The summed E-state index contributed by atoms with van der Waals surface area (Å²) in [6.07, 6.45) is 0. The second kappa shape index (κ2) is 9.20. The van der Waals surface area contributed by atoms with Crippen molar-refractivity contribution in [2.75, 3.05) is 37.6 Å². The molecular weight excluding hydrogens is 413 g/mol. The molecule has 1 aliphatic rings. The molecular formula is C28H29FN3O+. The van der Waals surface area contributed by atoms with Crippen molar-refractivity contribution in [2.45, 2.75) is 13.5 Å². The Bertz CT molecular complexity index is 1260. The van der Waals surface area contributed by atoms with Crippen molar-refractivity contribution in [3.05, 3.63) is 90.2 Å². The van der Waals surface area contributed by atoms with Crippen LogP contribution >= 0.6 is 0 Å². The van der Waals surface area contributed by atoms with E-state index in [1.807, 2.05) is 42.5 Å². The van der Waals surface area contributed by atoms with Crippen LogP contribution in [0.3, 0.4) is 0 Å². The number of nitrogens with one attached hydrogen (secondary N) is 1. The number of aryl methyl sites for hydroxylation is 1. The first-order valence-electron chi connectivity index (χ1n) is 11.7. The zero-order chi connectivity index (χ0) is 22.8. The molecule has 168 valence electrons. The molecule has 1 saturated heterocycles. The van der Waals surface area contributed by atoms with Crippen LogP contribution in [-0.4, -0.2) is 43.1 Å². The van der Waals surface area contributed by atoms with Gasteiger partial charge in [0.25, 0.3) is 0 Å². The predicted octanol–water partition coefficient (Wildman–Crippen LogP) is 4.06. The minimum atomic E-state index is -0.214. The molecule has 0 aliphatic carbocycles. The summed E-state index contributed by atoms with van der Waals surface area (Å²) in [6, 6.07) is 25.2. The number of hydrogen-bond acceptors (Lipinski definition) is 2. The number of piperazine rings is 1. The highest BCUT2D eigenvalue weighted by molar-refractivity contribution is 6.14. The molecule has 1 aromatic heterocycles. The fourth-order valence-electron chi connectivity index (χ4n) is 5.04. The van der Waals surface area contributed by atoms with Crippen molar-refractivity contribution in [2.24, 2.45) is 0 Å². The van der Waals surface area contributed by atoms with Crippen molar-refractivity contribution in [3.8, 4) is 11.3 Å². The molecule has 1 aliphatic heterocycles. The zero-order valence-corrected chi connectivity index (χ0v) is 18.9. The van der Waals surface area contributed by atoms with Crippen molar-refractivity contribution in [3.63, 3.8) is 0 Å². The molecule has 0 amide bonds. The van der Waals surface area contributed by atoms with Crippen molar-refractivity contribution in [1.29, 1.82) is 0 Å².